The Bertz CT molecular complexity index is 451. The van der Waals surface area contributed by atoms with Crippen LogP contribution in [0.25, 0.3) is 0 Å². The second-order valence-corrected chi connectivity index (χ2v) is 3.52. The summed E-state index contributed by atoms with van der Waals surface area (Å²) in [6.45, 7) is 0. The highest BCUT2D eigenvalue weighted by molar-refractivity contribution is 7.07. The Morgan fingerprint density at radius 2 is 2.27 bits per heavy atom. The average molecular weight is 220 g/mol. The van der Waals surface area contributed by atoms with E-state index in [0.717, 1.165) is 0 Å². The first-order chi connectivity index (χ1) is 7.25. The van der Waals surface area contributed by atoms with E-state index in [-0.39, 0.29) is 5.91 Å². The Balaban J connectivity index is 2.09. The van der Waals surface area contributed by atoms with Gasteiger partial charge in [-0.3, -0.25) is 4.79 Å². The molecule has 0 aliphatic carbocycles. The molecule has 6 heteroatoms. The van der Waals surface area contributed by atoms with E-state index in [4.69, 9.17) is 5.73 Å². The fourth-order valence-electron chi connectivity index (χ4n) is 0.999. The number of hydrogen-bond donors (Lipinski definition) is 2. The SMILES string of the molecule is Nc1ccc(NC(=O)c2cscn2)cn1. The first-order valence-corrected chi connectivity index (χ1v) is 5.11. The zero-order valence-electron chi connectivity index (χ0n) is 7.68. The molecule has 5 nitrogen and oxygen atoms in total. The van der Waals surface area contributed by atoms with E-state index in [0.29, 0.717) is 17.2 Å². The van der Waals surface area contributed by atoms with Gasteiger partial charge in [-0.2, -0.15) is 0 Å². The fourth-order valence-corrected chi connectivity index (χ4v) is 1.53. The summed E-state index contributed by atoms with van der Waals surface area (Å²) in [4.78, 5) is 19.3. The number of nitrogens with zero attached hydrogens (tertiary/aromatic N) is 2. The number of carbonyl (C=O) groups excluding carboxylic acids is 1. The molecule has 76 valence electrons. The zero-order chi connectivity index (χ0) is 10.7. The van der Waals surface area contributed by atoms with Crippen molar-refractivity contribution in [1.82, 2.24) is 9.97 Å². The standard InChI is InChI=1S/C9H8N4OS/c10-8-2-1-6(3-11-8)13-9(14)7-4-15-5-12-7/h1-5H,(H2,10,11)(H,13,14). The molecule has 0 fully saturated rings. The molecule has 0 saturated heterocycles. The molecule has 0 aliphatic heterocycles. The van der Waals surface area contributed by atoms with Crippen LogP contribution in [0.5, 0.6) is 0 Å². The smallest absolute Gasteiger partial charge is 0.275 e. The highest BCUT2D eigenvalue weighted by Gasteiger charge is 2.07. The van der Waals surface area contributed by atoms with Crippen molar-refractivity contribution in [3.63, 3.8) is 0 Å². The first-order valence-electron chi connectivity index (χ1n) is 4.17. The topological polar surface area (TPSA) is 80.9 Å². The molecule has 0 saturated carbocycles. The zero-order valence-corrected chi connectivity index (χ0v) is 8.49. The maximum absolute atomic E-state index is 11.5. The van der Waals surface area contributed by atoms with Gasteiger partial charge >= 0.3 is 0 Å². The molecule has 0 aromatic carbocycles. The van der Waals surface area contributed by atoms with Gasteiger partial charge in [-0.1, -0.05) is 0 Å². The van der Waals surface area contributed by atoms with Crippen LogP contribution in [0.3, 0.4) is 0 Å². The molecule has 2 heterocycles. The third-order valence-electron chi connectivity index (χ3n) is 1.71. The van der Waals surface area contributed by atoms with Crippen LogP contribution in [0.1, 0.15) is 10.5 Å². The normalized spacial score (nSPS) is 9.87. The summed E-state index contributed by atoms with van der Waals surface area (Å²) < 4.78 is 0. The van der Waals surface area contributed by atoms with Crippen LogP contribution in [-0.4, -0.2) is 15.9 Å². The number of nitrogens with one attached hydrogen (secondary N) is 1. The summed E-state index contributed by atoms with van der Waals surface area (Å²) in [5.41, 5.74) is 8.02. The molecule has 0 aliphatic rings. The molecule has 0 atom stereocenters. The molecular weight excluding hydrogens is 212 g/mol. The van der Waals surface area contributed by atoms with Crippen molar-refractivity contribution in [2.45, 2.75) is 0 Å². The van der Waals surface area contributed by atoms with Gasteiger partial charge in [-0.05, 0) is 12.1 Å². The third-order valence-corrected chi connectivity index (χ3v) is 2.30. The molecule has 2 rings (SSSR count). The summed E-state index contributed by atoms with van der Waals surface area (Å²) in [7, 11) is 0. The van der Waals surface area contributed by atoms with E-state index in [1.54, 1.807) is 23.0 Å². The number of aromatic nitrogens is 2. The number of rotatable bonds is 2. The van der Waals surface area contributed by atoms with Crippen molar-refractivity contribution in [2.24, 2.45) is 0 Å². The van der Waals surface area contributed by atoms with Gasteiger partial charge < -0.3 is 11.1 Å². The number of nitrogen functional groups attached to an aromatic ring is 1. The van der Waals surface area contributed by atoms with Gasteiger partial charge in [0.15, 0.2) is 0 Å². The molecule has 0 bridgehead atoms. The number of anilines is 2. The second kappa shape index (κ2) is 4.05. The van der Waals surface area contributed by atoms with Crippen LogP contribution in [0.15, 0.2) is 29.2 Å². The largest absolute Gasteiger partial charge is 0.384 e. The molecule has 1 amide bonds. The average Bonchev–Trinajstić information content (AvgIpc) is 2.74. The summed E-state index contributed by atoms with van der Waals surface area (Å²) in [6, 6.07) is 3.31. The third kappa shape index (κ3) is 2.29. The second-order valence-electron chi connectivity index (χ2n) is 2.80. The van der Waals surface area contributed by atoms with Gasteiger partial charge in [0.25, 0.3) is 5.91 Å². The minimum atomic E-state index is -0.247. The van der Waals surface area contributed by atoms with E-state index in [1.165, 1.54) is 17.5 Å². The van der Waals surface area contributed by atoms with E-state index < -0.39 is 0 Å². The van der Waals surface area contributed by atoms with Gasteiger partial charge in [0.1, 0.15) is 11.5 Å². The van der Waals surface area contributed by atoms with Gasteiger partial charge in [-0.15, -0.1) is 11.3 Å². The van der Waals surface area contributed by atoms with E-state index in [2.05, 4.69) is 15.3 Å². The highest BCUT2D eigenvalue weighted by atomic mass is 32.1. The Morgan fingerprint density at radius 1 is 1.40 bits per heavy atom. The van der Waals surface area contributed by atoms with Crippen molar-refractivity contribution in [2.75, 3.05) is 11.1 Å². The minimum Gasteiger partial charge on any atom is -0.384 e. The molecular formula is C9H8N4OS. The van der Waals surface area contributed by atoms with Crippen molar-refractivity contribution in [3.8, 4) is 0 Å². The van der Waals surface area contributed by atoms with Crippen molar-refractivity contribution >= 4 is 28.7 Å². The summed E-state index contributed by atoms with van der Waals surface area (Å²) in [5, 5.41) is 4.34. The summed E-state index contributed by atoms with van der Waals surface area (Å²) >= 11 is 1.37. The van der Waals surface area contributed by atoms with Gasteiger partial charge in [-0.25, -0.2) is 9.97 Å². The van der Waals surface area contributed by atoms with Gasteiger partial charge in [0, 0.05) is 5.38 Å². The maximum Gasteiger partial charge on any atom is 0.275 e. The number of carbonyl (C=O) groups is 1. The number of thiazole rings is 1. The molecule has 0 radical (unpaired) electrons. The fraction of sp³-hybridized carbons (Fsp3) is 0. The van der Waals surface area contributed by atoms with Gasteiger partial charge in [0.05, 0.1) is 17.4 Å². The summed E-state index contributed by atoms with van der Waals surface area (Å²) in [6.07, 6.45) is 1.50. The predicted octanol–water partition coefficient (Wildman–Crippen LogP) is 1.37. The quantitative estimate of drug-likeness (QED) is 0.801. The van der Waals surface area contributed by atoms with Gasteiger partial charge in [0.2, 0.25) is 0 Å². The minimum absolute atomic E-state index is 0.247. The van der Waals surface area contributed by atoms with Crippen LogP contribution in [-0.2, 0) is 0 Å². The lowest BCUT2D eigenvalue weighted by molar-refractivity contribution is 0.102. The van der Waals surface area contributed by atoms with E-state index >= 15 is 0 Å². The highest BCUT2D eigenvalue weighted by Crippen LogP contribution is 2.09. The lowest BCUT2D eigenvalue weighted by Crippen LogP contribution is -2.12. The Hall–Kier alpha value is -1.95. The van der Waals surface area contributed by atoms with Crippen molar-refractivity contribution < 1.29 is 4.79 Å². The molecule has 0 spiro atoms. The first kappa shape index (κ1) is 9.60. The van der Waals surface area contributed by atoms with Crippen LogP contribution in [0.4, 0.5) is 11.5 Å². The molecule has 15 heavy (non-hydrogen) atoms. The van der Waals surface area contributed by atoms with Crippen LogP contribution in [0.2, 0.25) is 0 Å². The monoisotopic (exact) mass is 220 g/mol. The summed E-state index contributed by atoms with van der Waals surface area (Å²) in [5.74, 6) is 0.171. The maximum atomic E-state index is 11.5. The molecule has 3 N–H and O–H groups in total. The predicted molar refractivity (Wildman–Crippen MR) is 58.7 cm³/mol. The van der Waals surface area contributed by atoms with Crippen LogP contribution >= 0.6 is 11.3 Å². The van der Waals surface area contributed by atoms with Crippen LogP contribution < -0.4 is 11.1 Å². The van der Waals surface area contributed by atoms with Crippen molar-refractivity contribution in [1.29, 1.82) is 0 Å². The molecule has 0 unspecified atom stereocenters. The Labute approximate surface area is 90.0 Å². The molecule has 2 aromatic rings. The van der Waals surface area contributed by atoms with E-state index in [9.17, 15) is 4.79 Å². The lowest BCUT2D eigenvalue weighted by atomic mass is 10.3. The lowest BCUT2D eigenvalue weighted by Gasteiger charge is -2.02. The van der Waals surface area contributed by atoms with E-state index in [1.807, 2.05) is 0 Å². The Kier molecular flexibility index (Phi) is 2.59. The van der Waals surface area contributed by atoms with Crippen molar-refractivity contribution in [3.05, 3.63) is 34.9 Å². The van der Waals surface area contributed by atoms with Crippen LogP contribution in [0, 0.1) is 0 Å². The number of pyridine rings is 1. The Morgan fingerprint density at radius 3 is 2.87 bits per heavy atom. The molecule has 2 aromatic heterocycles. The number of nitrogens with two attached hydrogens (primary N) is 1. The number of hydrogen-bond acceptors (Lipinski definition) is 5. The number of amides is 1.